The fourth-order valence-electron chi connectivity index (χ4n) is 1.95. The van der Waals surface area contributed by atoms with Crippen LogP contribution in [-0.2, 0) is 27.1 Å². The van der Waals surface area contributed by atoms with Crippen LogP contribution in [0.5, 0.6) is 0 Å². The molecule has 2 aromatic rings. The molecular formula is C16H15F3N2O4S. The van der Waals surface area contributed by atoms with Gasteiger partial charge < -0.3 is 14.6 Å². The lowest BCUT2D eigenvalue weighted by Crippen LogP contribution is -2.17. The van der Waals surface area contributed by atoms with Gasteiger partial charge in [0.15, 0.2) is 5.82 Å². The number of hydrogen-bond acceptors (Lipinski definition) is 6. The summed E-state index contributed by atoms with van der Waals surface area (Å²) in [6, 6.07) is 6.40. The van der Waals surface area contributed by atoms with Gasteiger partial charge >= 0.3 is 12.1 Å². The summed E-state index contributed by atoms with van der Waals surface area (Å²) in [5.74, 6) is -0.509. The Kier molecular flexibility index (Phi) is 6.67. The largest absolute Gasteiger partial charge is 0.460 e. The number of hydrogen-bond donors (Lipinski definition) is 1. The molecule has 0 radical (unpaired) electrons. The van der Waals surface area contributed by atoms with E-state index in [4.69, 9.17) is 9.26 Å². The third-order valence-electron chi connectivity index (χ3n) is 3.06. The second-order valence-electron chi connectivity index (χ2n) is 5.18. The number of alkyl halides is 3. The molecule has 0 fully saturated rings. The average molecular weight is 388 g/mol. The standard InChI is InChI=1S/C16H15F3N2O4S/c1-10-6-13(21-25-10)20-14(22)8-26-9-15(23)24-7-11-4-2-3-5-12(11)16(17,18)19/h2-6H,7-9H2,1H3,(H,20,21,22). The Hall–Kier alpha value is -2.49. The summed E-state index contributed by atoms with van der Waals surface area (Å²) < 4.78 is 48.2. The zero-order chi connectivity index (χ0) is 19.2. The number of carbonyl (C=O) groups is 2. The number of aromatic nitrogens is 1. The fourth-order valence-corrected chi connectivity index (χ4v) is 2.56. The number of nitrogens with one attached hydrogen (secondary N) is 1. The number of benzene rings is 1. The molecule has 1 amide bonds. The van der Waals surface area contributed by atoms with Crippen LogP contribution in [0.3, 0.4) is 0 Å². The Labute approximate surface area is 151 Å². The van der Waals surface area contributed by atoms with Crippen LogP contribution in [0.25, 0.3) is 0 Å². The van der Waals surface area contributed by atoms with E-state index in [2.05, 4.69) is 10.5 Å². The highest BCUT2D eigenvalue weighted by Gasteiger charge is 2.33. The van der Waals surface area contributed by atoms with Crippen LogP contribution >= 0.6 is 11.8 Å². The van der Waals surface area contributed by atoms with Crippen LogP contribution < -0.4 is 5.32 Å². The van der Waals surface area contributed by atoms with Gasteiger partial charge in [0.1, 0.15) is 12.4 Å². The molecule has 0 saturated carbocycles. The molecule has 0 aliphatic carbocycles. The molecule has 0 unspecified atom stereocenters. The molecule has 1 N–H and O–H groups in total. The first-order chi connectivity index (χ1) is 12.3. The van der Waals surface area contributed by atoms with Gasteiger partial charge in [-0.2, -0.15) is 13.2 Å². The van der Waals surface area contributed by atoms with Crippen molar-refractivity contribution in [3.05, 3.63) is 47.2 Å². The predicted molar refractivity (Wildman–Crippen MR) is 88.4 cm³/mol. The molecule has 140 valence electrons. The summed E-state index contributed by atoms with van der Waals surface area (Å²) in [5, 5.41) is 6.07. The number of halogens is 3. The number of nitrogens with zero attached hydrogens (tertiary/aromatic N) is 1. The Balaban J connectivity index is 1.73. The molecule has 1 aromatic heterocycles. The molecule has 0 aliphatic heterocycles. The van der Waals surface area contributed by atoms with Gasteiger partial charge in [0.05, 0.1) is 17.1 Å². The number of amides is 1. The molecule has 0 aliphatic rings. The Bertz CT molecular complexity index is 777. The predicted octanol–water partition coefficient (Wildman–Crippen LogP) is 3.42. The molecule has 1 heterocycles. The summed E-state index contributed by atoms with van der Waals surface area (Å²) in [4.78, 5) is 23.3. The summed E-state index contributed by atoms with van der Waals surface area (Å²) in [6.45, 7) is 1.18. The molecule has 6 nitrogen and oxygen atoms in total. The van der Waals surface area contributed by atoms with E-state index in [1.54, 1.807) is 6.92 Å². The number of anilines is 1. The van der Waals surface area contributed by atoms with E-state index >= 15 is 0 Å². The van der Waals surface area contributed by atoms with Crippen LogP contribution in [-0.4, -0.2) is 28.5 Å². The van der Waals surface area contributed by atoms with E-state index in [0.717, 1.165) is 17.8 Å². The molecule has 0 bridgehead atoms. The summed E-state index contributed by atoms with van der Waals surface area (Å²) in [6.07, 6.45) is -4.52. The van der Waals surface area contributed by atoms with Crippen molar-refractivity contribution in [2.45, 2.75) is 19.7 Å². The SMILES string of the molecule is Cc1cc(NC(=O)CSCC(=O)OCc2ccccc2C(F)(F)F)no1. The number of carbonyl (C=O) groups excluding carboxylic acids is 2. The second kappa shape index (κ2) is 8.75. The third-order valence-corrected chi connectivity index (χ3v) is 3.97. The van der Waals surface area contributed by atoms with E-state index in [9.17, 15) is 22.8 Å². The Morgan fingerprint density at radius 3 is 2.65 bits per heavy atom. The minimum absolute atomic E-state index is 0.0415. The second-order valence-corrected chi connectivity index (χ2v) is 6.16. The zero-order valence-electron chi connectivity index (χ0n) is 13.6. The minimum atomic E-state index is -4.52. The van der Waals surface area contributed by atoms with Crippen molar-refractivity contribution in [2.75, 3.05) is 16.8 Å². The number of esters is 1. The van der Waals surface area contributed by atoms with Gasteiger partial charge in [-0.3, -0.25) is 9.59 Å². The third kappa shape index (κ3) is 6.10. The normalized spacial score (nSPS) is 11.2. The molecule has 1 aromatic carbocycles. The first kappa shape index (κ1) is 19.8. The quantitative estimate of drug-likeness (QED) is 0.732. The maximum Gasteiger partial charge on any atom is 0.416 e. The van der Waals surface area contributed by atoms with Crippen molar-refractivity contribution in [1.82, 2.24) is 5.16 Å². The number of thioether (sulfide) groups is 1. The van der Waals surface area contributed by atoms with E-state index in [-0.39, 0.29) is 22.9 Å². The first-order valence-corrected chi connectivity index (χ1v) is 8.53. The maximum absolute atomic E-state index is 12.8. The molecular weight excluding hydrogens is 373 g/mol. The number of ether oxygens (including phenoxy) is 1. The van der Waals surface area contributed by atoms with Crippen molar-refractivity contribution in [2.24, 2.45) is 0 Å². The Morgan fingerprint density at radius 1 is 1.27 bits per heavy atom. The van der Waals surface area contributed by atoms with Crippen molar-refractivity contribution >= 4 is 29.5 Å². The highest BCUT2D eigenvalue weighted by molar-refractivity contribution is 8.00. The number of rotatable bonds is 7. The summed E-state index contributed by atoms with van der Waals surface area (Å²) in [5.41, 5.74) is -0.972. The van der Waals surface area contributed by atoms with Gasteiger partial charge in [-0.05, 0) is 13.0 Å². The van der Waals surface area contributed by atoms with Crippen molar-refractivity contribution in [1.29, 1.82) is 0 Å². The Morgan fingerprint density at radius 2 is 2.00 bits per heavy atom. The van der Waals surface area contributed by atoms with Gasteiger partial charge in [-0.25, -0.2) is 0 Å². The maximum atomic E-state index is 12.8. The highest BCUT2D eigenvalue weighted by Crippen LogP contribution is 2.32. The zero-order valence-corrected chi connectivity index (χ0v) is 14.4. The van der Waals surface area contributed by atoms with Crippen molar-refractivity contribution < 1.29 is 32.0 Å². The highest BCUT2D eigenvalue weighted by atomic mass is 32.2. The van der Waals surface area contributed by atoms with Crippen LogP contribution in [0.4, 0.5) is 19.0 Å². The van der Waals surface area contributed by atoms with E-state index in [1.807, 2.05) is 0 Å². The van der Waals surface area contributed by atoms with Gasteiger partial charge in [0, 0.05) is 11.6 Å². The first-order valence-electron chi connectivity index (χ1n) is 7.37. The van der Waals surface area contributed by atoms with Gasteiger partial charge in [-0.1, -0.05) is 23.4 Å². The minimum Gasteiger partial charge on any atom is -0.460 e. The molecule has 0 atom stereocenters. The van der Waals surface area contributed by atoms with Crippen LogP contribution in [0.15, 0.2) is 34.9 Å². The summed E-state index contributed by atoms with van der Waals surface area (Å²) >= 11 is 0.973. The smallest absolute Gasteiger partial charge is 0.416 e. The van der Waals surface area contributed by atoms with E-state index in [0.29, 0.717) is 5.76 Å². The van der Waals surface area contributed by atoms with Crippen LogP contribution in [0, 0.1) is 6.92 Å². The average Bonchev–Trinajstić information content (AvgIpc) is 2.97. The van der Waals surface area contributed by atoms with E-state index < -0.39 is 30.2 Å². The van der Waals surface area contributed by atoms with Crippen LogP contribution in [0.1, 0.15) is 16.9 Å². The number of aryl methyl sites for hydroxylation is 1. The van der Waals surface area contributed by atoms with Crippen molar-refractivity contribution in [3.8, 4) is 0 Å². The molecule has 2 rings (SSSR count). The monoisotopic (exact) mass is 388 g/mol. The van der Waals surface area contributed by atoms with E-state index in [1.165, 1.54) is 24.3 Å². The summed E-state index contributed by atoms with van der Waals surface area (Å²) in [7, 11) is 0. The van der Waals surface area contributed by atoms with Crippen molar-refractivity contribution in [3.63, 3.8) is 0 Å². The molecule has 0 spiro atoms. The topological polar surface area (TPSA) is 81.4 Å². The van der Waals surface area contributed by atoms with Crippen LogP contribution in [0.2, 0.25) is 0 Å². The lowest BCUT2D eigenvalue weighted by Gasteiger charge is -2.12. The van der Waals surface area contributed by atoms with Gasteiger partial charge in [0.25, 0.3) is 0 Å². The van der Waals surface area contributed by atoms with Gasteiger partial charge in [-0.15, -0.1) is 11.8 Å². The molecule has 0 saturated heterocycles. The molecule has 26 heavy (non-hydrogen) atoms. The lowest BCUT2D eigenvalue weighted by molar-refractivity contribution is -0.145. The fraction of sp³-hybridized carbons (Fsp3) is 0.312. The molecule has 10 heteroatoms. The lowest BCUT2D eigenvalue weighted by atomic mass is 10.1. The van der Waals surface area contributed by atoms with Gasteiger partial charge in [0.2, 0.25) is 5.91 Å².